The Kier molecular flexibility index (Phi) is 6.87. The molecule has 1 aromatic heterocycles. The Hall–Kier alpha value is -1.79. The van der Waals surface area contributed by atoms with Crippen LogP contribution in [0.3, 0.4) is 0 Å². The summed E-state index contributed by atoms with van der Waals surface area (Å²) in [6.07, 6.45) is 0. The first kappa shape index (κ1) is 18.5. The van der Waals surface area contributed by atoms with Crippen LogP contribution in [0.2, 0.25) is 0 Å². The van der Waals surface area contributed by atoms with E-state index in [1.807, 2.05) is 36.6 Å². The van der Waals surface area contributed by atoms with Crippen molar-refractivity contribution in [1.29, 1.82) is 0 Å². The van der Waals surface area contributed by atoms with Crippen molar-refractivity contribution in [2.45, 2.75) is 20.4 Å². The molecule has 0 saturated carbocycles. The van der Waals surface area contributed by atoms with Gasteiger partial charge in [-0.3, -0.25) is 9.59 Å². The van der Waals surface area contributed by atoms with Gasteiger partial charge in [-0.25, -0.2) is 0 Å². The molecule has 0 radical (unpaired) electrons. The Labute approximate surface area is 151 Å². The number of hydrogen-bond acceptors (Lipinski definition) is 4. The molecule has 0 atom stereocenters. The fourth-order valence-corrected chi connectivity index (χ4v) is 3.84. The summed E-state index contributed by atoms with van der Waals surface area (Å²) >= 11 is 3.00. The molecular weight excluding hydrogens is 340 g/mol. The van der Waals surface area contributed by atoms with Crippen LogP contribution < -0.4 is 5.32 Å². The van der Waals surface area contributed by atoms with E-state index in [2.05, 4.69) is 18.3 Å². The fraction of sp³-hybridized carbons (Fsp3) is 0.333. The molecule has 128 valence electrons. The fourth-order valence-electron chi connectivity index (χ4n) is 2.13. The number of thiophene rings is 1. The van der Waals surface area contributed by atoms with Crippen molar-refractivity contribution in [3.63, 3.8) is 0 Å². The summed E-state index contributed by atoms with van der Waals surface area (Å²) in [7, 11) is 1.80. The van der Waals surface area contributed by atoms with Crippen molar-refractivity contribution in [1.82, 2.24) is 4.90 Å². The molecule has 0 aliphatic rings. The van der Waals surface area contributed by atoms with Crippen LogP contribution in [-0.4, -0.2) is 35.3 Å². The first-order valence-corrected chi connectivity index (χ1v) is 9.70. The second kappa shape index (κ2) is 8.89. The Morgan fingerprint density at radius 2 is 2.00 bits per heavy atom. The minimum Gasteiger partial charge on any atom is -0.340 e. The van der Waals surface area contributed by atoms with Crippen LogP contribution in [0.5, 0.6) is 0 Å². The minimum absolute atomic E-state index is 0.0381. The summed E-state index contributed by atoms with van der Waals surface area (Å²) in [6.45, 7) is 4.65. The number of anilines is 1. The van der Waals surface area contributed by atoms with Gasteiger partial charge in [0.2, 0.25) is 11.8 Å². The number of hydrogen-bond donors (Lipinski definition) is 1. The minimum atomic E-state index is -0.0878. The number of thioether (sulfide) groups is 1. The van der Waals surface area contributed by atoms with E-state index in [0.29, 0.717) is 12.3 Å². The number of amides is 2. The molecule has 4 nitrogen and oxygen atoms in total. The monoisotopic (exact) mass is 362 g/mol. The van der Waals surface area contributed by atoms with Crippen LogP contribution in [0.1, 0.15) is 16.0 Å². The number of benzene rings is 1. The third-order valence-corrected chi connectivity index (χ3v) is 5.46. The van der Waals surface area contributed by atoms with E-state index in [1.165, 1.54) is 22.2 Å². The molecule has 2 amide bonds. The average Bonchev–Trinajstić information content (AvgIpc) is 2.92. The Morgan fingerprint density at radius 3 is 2.67 bits per heavy atom. The van der Waals surface area contributed by atoms with E-state index in [9.17, 15) is 9.59 Å². The second-order valence-electron chi connectivity index (χ2n) is 5.69. The molecule has 0 unspecified atom stereocenters. The van der Waals surface area contributed by atoms with Gasteiger partial charge < -0.3 is 10.2 Å². The van der Waals surface area contributed by atoms with Gasteiger partial charge in [0.1, 0.15) is 0 Å². The lowest BCUT2D eigenvalue weighted by molar-refractivity contribution is -0.127. The highest BCUT2D eigenvalue weighted by Crippen LogP contribution is 2.18. The van der Waals surface area contributed by atoms with Gasteiger partial charge in [-0.05, 0) is 48.6 Å². The quantitative estimate of drug-likeness (QED) is 0.817. The zero-order valence-electron chi connectivity index (χ0n) is 14.2. The van der Waals surface area contributed by atoms with Crippen LogP contribution in [0.15, 0.2) is 35.7 Å². The SMILES string of the molecule is Cc1cccc(NC(=O)CSCC(=O)N(C)Cc2sccc2C)c1. The average molecular weight is 363 g/mol. The Bertz CT molecular complexity index is 713. The normalized spacial score (nSPS) is 10.5. The molecule has 0 aliphatic carbocycles. The molecular formula is C18H22N2O2S2. The topological polar surface area (TPSA) is 49.4 Å². The van der Waals surface area contributed by atoms with E-state index in [-0.39, 0.29) is 17.6 Å². The van der Waals surface area contributed by atoms with Crippen LogP contribution in [-0.2, 0) is 16.1 Å². The maximum absolute atomic E-state index is 12.1. The van der Waals surface area contributed by atoms with Crippen LogP contribution in [0.25, 0.3) is 0 Å². The summed E-state index contributed by atoms with van der Waals surface area (Å²) in [4.78, 5) is 27.0. The summed E-state index contributed by atoms with van der Waals surface area (Å²) in [5, 5.41) is 4.88. The molecule has 1 aromatic carbocycles. The lowest BCUT2D eigenvalue weighted by Gasteiger charge is -2.16. The third kappa shape index (κ3) is 5.69. The molecule has 6 heteroatoms. The van der Waals surface area contributed by atoms with Gasteiger partial charge in [-0.2, -0.15) is 0 Å². The lowest BCUT2D eigenvalue weighted by Crippen LogP contribution is -2.28. The highest BCUT2D eigenvalue weighted by atomic mass is 32.2. The molecule has 24 heavy (non-hydrogen) atoms. The largest absolute Gasteiger partial charge is 0.340 e. The Balaban J connectivity index is 1.71. The summed E-state index contributed by atoms with van der Waals surface area (Å²) in [5.74, 6) is 0.527. The van der Waals surface area contributed by atoms with Crippen molar-refractivity contribution in [2.24, 2.45) is 0 Å². The first-order valence-electron chi connectivity index (χ1n) is 7.67. The van der Waals surface area contributed by atoms with Gasteiger partial charge in [0, 0.05) is 17.6 Å². The van der Waals surface area contributed by atoms with E-state index < -0.39 is 0 Å². The van der Waals surface area contributed by atoms with Gasteiger partial charge in [0.25, 0.3) is 0 Å². The van der Waals surface area contributed by atoms with Gasteiger partial charge in [-0.15, -0.1) is 23.1 Å². The summed E-state index contributed by atoms with van der Waals surface area (Å²) < 4.78 is 0. The molecule has 0 aliphatic heterocycles. The van der Waals surface area contributed by atoms with Gasteiger partial charge in [0.05, 0.1) is 18.1 Å². The summed E-state index contributed by atoms with van der Waals surface area (Å²) in [5.41, 5.74) is 3.10. The maximum atomic E-state index is 12.1. The molecule has 0 bridgehead atoms. The highest BCUT2D eigenvalue weighted by Gasteiger charge is 2.12. The first-order chi connectivity index (χ1) is 11.5. The molecule has 2 rings (SSSR count). The molecule has 0 spiro atoms. The van der Waals surface area contributed by atoms with E-state index in [4.69, 9.17) is 0 Å². The van der Waals surface area contributed by atoms with Crippen molar-refractivity contribution in [2.75, 3.05) is 23.9 Å². The van der Waals surface area contributed by atoms with Gasteiger partial charge in [-0.1, -0.05) is 12.1 Å². The Morgan fingerprint density at radius 1 is 1.21 bits per heavy atom. The van der Waals surface area contributed by atoms with Gasteiger partial charge >= 0.3 is 0 Å². The van der Waals surface area contributed by atoms with E-state index in [0.717, 1.165) is 11.3 Å². The zero-order valence-corrected chi connectivity index (χ0v) is 15.8. The zero-order chi connectivity index (χ0) is 17.5. The van der Waals surface area contributed by atoms with E-state index >= 15 is 0 Å². The smallest absolute Gasteiger partial charge is 0.234 e. The van der Waals surface area contributed by atoms with Crippen molar-refractivity contribution in [3.05, 3.63) is 51.7 Å². The van der Waals surface area contributed by atoms with Crippen LogP contribution in [0, 0.1) is 13.8 Å². The lowest BCUT2D eigenvalue weighted by atomic mass is 10.2. The van der Waals surface area contributed by atoms with Gasteiger partial charge in [0.15, 0.2) is 0 Å². The predicted molar refractivity (Wildman–Crippen MR) is 103 cm³/mol. The van der Waals surface area contributed by atoms with Crippen LogP contribution >= 0.6 is 23.1 Å². The van der Waals surface area contributed by atoms with Crippen molar-refractivity contribution >= 4 is 40.6 Å². The van der Waals surface area contributed by atoms with Crippen LogP contribution in [0.4, 0.5) is 5.69 Å². The number of aryl methyl sites for hydroxylation is 2. The molecule has 2 aromatic rings. The number of nitrogens with one attached hydrogen (secondary N) is 1. The number of nitrogens with zero attached hydrogens (tertiary/aromatic N) is 1. The molecule has 0 saturated heterocycles. The molecule has 1 heterocycles. The third-order valence-electron chi connectivity index (χ3n) is 3.54. The predicted octanol–water partition coefficient (Wildman–Crippen LogP) is 3.70. The van der Waals surface area contributed by atoms with Crippen molar-refractivity contribution < 1.29 is 9.59 Å². The molecule has 0 fully saturated rings. The maximum Gasteiger partial charge on any atom is 0.234 e. The standard InChI is InChI=1S/C18H22N2O2S2/c1-13-5-4-6-15(9-13)19-17(21)11-23-12-18(22)20(3)10-16-14(2)7-8-24-16/h4-9H,10-12H2,1-3H3,(H,19,21). The number of carbonyl (C=O) groups is 2. The highest BCUT2D eigenvalue weighted by molar-refractivity contribution is 8.00. The number of rotatable bonds is 7. The van der Waals surface area contributed by atoms with E-state index in [1.54, 1.807) is 23.3 Å². The second-order valence-corrected chi connectivity index (χ2v) is 7.67. The molecule has 1 N–H and O–H groups in total. The summed E-state index contributed by atoms with van der Waals surface area (Å²) in [6, 6.07) is 9.72. The van der Waals surface area contributed by atoms with Crippen molar-refractivity contribution in [3.8, 4) is 0 Å². The number of carbonyl (C=O) groups excluding carboxylic acids is 2.